The topological polar surface area (TPSA) is 67.8 Å². The molecule has 0 saturated carbocycles. The summed E-state index contributed by atoms with van der Waals surface area (Å²) in [7, 11) is 0. The lowest BCUT2D eigenvalue weighted by atomic mass is 9.93. The molecule has 1 aliphatic heterocycles. The number of amides is 1. The van der Waals surface area contributed by atoms with Gasteiger partial charge in [-0.1, -0.05) is 64.5 Å². The van der Waals surface area contributed by atoms with Crippen LogP contribution < -0.4 is 5.32 Å². The summed E-state index contributed by atoms with van der Waals surface area (Å²) >= 11 is 3.46. The molecule has 34 heavy (non-hydrogen) atoms. The van der Waals surface area contributed by atoms with Crippen molar-refractivity contribution in [3.8, 4) is 0 Å². The Kier molecular flexibility index (Phi) is 8.11. The Balaban J connectivity index is 1.46. The Labute approximate surface area is 206 Å². The summed E-state index contributed by atoms with van der Waals surface area (Å²) in [6, 6.07) is 21.4. The van der Waals surface area contributed by atoms with Gasteiger partial charge in [0.25, 0.3) is 5.91 Å². The number of aliphatic hydroxyl groups is 1. The van der Waals surface area contributed by atoms with Crippen LogP contribution in [0, 0.1) is 5.82 Å². The zero-order valence-corrected chi connectivity index (χ0v) is 20.0. The van der Waals surface area contributed by atoms with E-state index in [0.29, 0.717) is 13.0 Å². The second kappa shape index (κ2) is 11.4. The van der Waals surface area contributed by atoms with Crippen molar-refractivity contribution in [3.05, 3.63) is 117 Å². The highest BCUT2D eigenvalue weighted by atomic mass is 79.9. The maximum absolute atomic E-state index is 13.1. The van der Waals surface area contributed by atoms with Gasteiger partial charge in [0.15, 0.2) is 5.76 Å². The number of benzene rings is 3. The van der Waals surface area contributed by atoms with Gasteiger partial charge in [-0.25, -0.2) is 4.39 Å². The minimum Gasteiger partial charge on any atom is -0.459 e. The summed E-state index contributed by atoms with van der Waals surface area (Å²) in [6.45, 7) is 0.558. The number of hydrogen-bond acceptors (Lipinski definition) is 4. The Bertz CT molecular complexity index is 1130. The molecule has 5 nitrogen and oxygen atoms in total. The number of hydrogen-bond donors (Lipinski definition) is 2. The number of ether oxygens (including phenoxy) is 2. The quantitative estimate of drug-likeness (QED) is 0.417. The van der Waals surface area contributed by atoms with Gasteiger partial charge in [-0.2, -0.15) is 0 Å². The van der Waals surface area contributed by atoms with Crippen molar-refractivity contribution >= 4 is 21.8 Å². The van der Waals surface area contributed by atoms with Crippen molar-refractivity contribution in [1.82, 2.24) is 5.32 Å². The Morgan fingerprint density at radius 2 is 1.65 bits per heavy atom. The van der Waals surface area contributed by atoms with Crippen LogP contribution in [0.2, 0.25) is 0 Å². The summed E-state index contributed by atoms with van der Waals surface area (Å²) < 4.78 is 26.0. The SMILES string of the molecule is O=C(NCc1ccc(F)cc1)C1=C[C@@H](c2ccc(Br)cc2)C[C@@H](OCc2ccc(CO)cc2)O1. The van der Waals surface area contributed by atoms with Crippen molar-refractivity contribution in [3.63, 3.8) is 0 Å². The first-order chi connectivity index (χ1) is 16.5. The molecule has 0 aliphatic carbocycles. The van der Waals surface area contributed by atoms with Crippen molar-refractivity contribution in [2.24, 2.45) is 0 Å². The maximum atomic E-state index is 13.1. The molecule has 176 valence electrons. The van der Waals surface area contributed by atoms with Crippen LogP contribution in [0.25, 0.3) is 0 Å². The molecular weight excluding hydrogens is 501 g/mol. The minimum atomic E-state index is -0.609. The highest BCUT2D eigenvalue weighted by molar-refractivity contribution is 9.10. The summed E-state index contributed by atoms with van der Waals surface area (Å²) in [4.78, 5) is 12.9. The van der Waals surface area contributed by atoms with E-state index in [-0.39, 0.29) is 36.6 Å². The summed E-state index contributed by atoms with van der Waals surface area (Å²) in [5, 5.41) is 12.0. The second-order valence-corrected chi connectivity index (χ2v) is 8.98. The van der Waals surface area contributed by atoms with Crippen LogP contribution in [0.4, 0.5) is 4.39 Å². The normalized spacial score (nSPS) is 17.6. The minimum absolute atomic E-state index is 0.0110. The van der Waals surface area contributed by atoms with E-state index in [0.717, 1.165) is 26.7 Å². The van der Waals surface area contributed by atoms with Crippen molar-refractivity contribution in [2.45, 2.75) is 38.4 Å². The van der Waals surface area contributed by atoms with E-state index in [9.17, 15) is 14.3 Å². The first-order valence-corrected chi connectivity index (χ1v) is 11.8. The molecule has 7 heteroatoms. The van der Waals surface area contributed by atoms with Gasteiger partial charge < -0.3 is 19.9 Å². The lowest BCUT2D eigenvalue weighted by Crippen LogP contribution is -2.32. The third-order valence-corrected chi connectivity index (χ3v) is 6.12. The van der Waals surface area contributed by atoms with Gasteiger partial charge in [-0.3, -0.25) is 4.79 Å². The molecule has 1 heterocycles. The van der Waals surface area contributed by atoms with E-state index >= 15 is 0 Å². The van der Waals surface area contributed by atoms with Gasteiger partial charge in [0.05, 0.1) is 13.2 Å². The van der Waals surface area contributed by atoms with Crippen LogP contribution in [-0.4, -0.2) is 17.3 Å². The van der Waals surface area contributed by atoms with Crippen LogP contribution in [-0.2, 0) is 34.0 Å². The third kappa shape index (κ3) is 6.53. The molecular formula is C27H25BrFNO4. The molecule has 0 bridgehead atoms. The van der Waals surface area contributed by atoms with E-state index in [1.165, 1.54) is 12.1 Å². The number of aliphatic hydroxyl groups excluding tert-OH is 1. The standard InChI is InChI=1S/C27H25BrFNO4/c28-23-9-7-21(8-10-23)22-13-25(27(32)30-15-18-5-11-24(29)12-6-18)34-26(14-22)33-17-20-3-1-19(16-31)2-4-20/h1-13,22,26,31H,14-17H2,(H,30,32)/t22-,26+/m1/s1. The summed E-state index contributed by atoms with van der Waals surface area (Å²) in [5.74, 6) is -0.541. The molecule has 2 atom stereocenters. The monoisotopic (exact) mass is 525 g/mol. The molecule has 2 N–H and O–H groups in total. The van der Waals surface area contributed by atoms with Gasteiger partial charge in [-0.15, -0.1) is 0 Å². The fourth-order valence-electron chi connectivity index (χ4n) is 3.66. The molecule has 0 unspecified atom stereocenters. The predicted octanol–water partition coefficient (Wildman–Crippen LogP) is 5.33. The Morgan fingerprint density at radius 1 is 1.00 bits per heavy atom. The molecule has 0 radical (unpaired) electrons. The summed E-state index contributed by atoms with van der Waals surface area (Å²) in [6.07, 6.45) is 1.77. The van der Waals surface area contributed by atoms with Gasteiger partial charge in [0, 0.05) is 23.4 Å². The predicted molar refractivity (Wildman–Crippen MR) is 130 cm³/mol. The summed E-state index contributed by atoms with van der Waals surface area (Å²) in [5.41, 5.74) is 3.61. The van der Waals surface area contributed by atoms with E-state index in [1.54, 1.807) is 12.1 Å². The van der Waals surface area contributed by atoms with Crippen LogP contribution in [0.3, 0.4) is 0 Å². The first-order valence-electron chi connectivity index (χ1n) is 11.0. The average molecular weight is 526 g/mol. The molecule has 3 aromatic rings. The Hall–Kier alpha value is -3.00. The van der Waals surface area contributed by atoms with E-state index in [4.69, 9.17) is 9.47 Å². The number of carbonyl (C=O) groups excluding carboxylic acids is 1. The largest absolute Gasteiger partial charge is 0.459 e. The highest BCUT2D eigenvalue weighted by Crippen LogP contribution is 2.32. The van der Waals surface area contributed by atoms with Crippen molar-refractivity contribution in [2.75, 3.05) is 0 Å². The zero-order valence-electron chi connectivity index (χ0n) is 18.4. The van der Waals surface area contributed by atoms with Crippen LogP contribution in [0.1, 0.15) is 34.6 Å². The molecule has 0 spiro atoms. The fourth-order valence-corrected chi connectivity index (χ4v) is 3.93. The molecule has 1 aliphatic rings. The highest BCUT2D eigenvalue weighted by Gasteiger charge is 2.28. The number of nitrogens with one attached hydrogen (secondary N) is 1. The number of carbonyl (C=O) groups is 1. The number of halogens is 2. The van der Waals surface area contributed by atoms with E-state index in [2.05, 4.69) is 21.2 Å². The maximum Gasteiger partial charge on any atom is 0.286 e. The van der Waals surface area contributed by atoms with Gasteiger partial charge >= 0.3 is 0 Å². The molecule has 4 rings (SSSR count). The van der Waals surface area contributed by atoms with Crippen molar-refractivity contribution < 1.29 is 23.8 Å². The Morgan fingerprint density at radius 3 is 2.32 bits per heavy atom. The number of rotatable bonds is 8. The van der Waals surface area contributed by atoms with Gasteiger partial charge in [-0.05, 0) is 52.6 Å². The first kappa shape index (κ1) is 24.1. The lowest BCUT2D eigenvalue weighted by molar-refractivity contribution is -0.150. The fraction of sp³-hybridized carbons (Fsp3) is 0.222. The third-order valence-electron chi connectivity index (χ3n) is 5.59. The molecule has 0 aromatic heterocycles. The van der Waals surface area contributed by atoms with Crippen LogP contribution in [0.15, 0.2) is 89.1 Å². The number of allylic oxidation sites excluding steroid dienone is 1. The van der Waals surface area contributed by atoms with E-state index in [1.807, 2.05) is 54.6 Å². The smallest absolute Gasteiger partial charge is 0.286 e. The zero-order chi connectivity index (χ0) is 23.9. The van der Waals surface area contributed by atoms with Gasteiger partial charge in [0.2, 0.25) is 6.29 Å². The van der Waals surface area contributed by atoms with Crippen molar-refractivity contribution in [1.29, 1.82) is 0 Å². The molecule has 0 fully saturated rings. The molecule has 3 aromatic carbocycles. The molecule has 1 amide bonds. The molecule has 0 saturated heterocycles. The van der Waals surface area contributed by atoms with Gasteiger partial charge in [0.1, 0.15) is 5.82 Å². The van der Waals surface area contributed by atoms with E-state index < -0.39 is 6.29 Å². The van der Waals surface area contributed by atoms with Crippen LogP contribution in [0.5, 0.6) is 0 Å². The lowest BCUT2D eigenvalue weighted by Gasteiger charge is -2.29. The average Bonchev–Trinajstić information content (AvgIpc) is 2.87. The second-order valence-electron chi connectivity index (χ2n) is 8.07. The van der Waals surface area contributed by atoms with Crippen LogP contribution >= 0.6 is 15.9 Å².